The lowest BCUT2D eigenvalue weighted by molar-refractivity contribution is -0.153. The number of nitrogens with two attached hydrogens (primary N) is 1. The lowest BCUT2D eigenvalue weighted by atomic mass is 9.57. The van der Waals surface area contributed by atoms with Crippen LogP contribution in [0.2, 0.25) is 0 Å². The zero-order chi connectivity index (χ0) is 33.0. The standard InChI is InChI=1S/C23H27N3O7.C7H8O3S/c1-25(2)12-5-6-13(27)15-10(12)7-9-8-11-17(26(3)4)19(29)16(22(24)32)21(31)23(11,33)20(30)14(9)18(15)28;1-6-2-4-7(5-3-6)11(8,9)10/h5-6,9,11,17,27-28,31,33H,7-8H2,1-4H3,(H2,24,32);2-5H,1H3,(H,8,9,10)/t9-,11+,17-,23-;/m0./s1. The summed E-state index contributed by atoms with van der Waals surface area (Å²) in [5.41, 5.74) is 4.10. The van der Waals surface area contributed by atoms with E-state index in [1.165, 1.54) is 23.1 Å². The molecule has 3 aliphatic carbocycles. The Bertz CT molecular complexity index is 1730. The predicted octanol–water partition coefficient (Wildman–Crippen LogP) is 1.27. The van der Waals surface area contributed by atoms with Crippen LogP contribution < -0.4 is 10.6 Å². The number of aryl methyl sites for hydroxylation is 1. The van der Waals surface area contributed by atoms with Crippen molar-refractivity contribution in [2.45, 2.75) is 36.3 Å². The lowest BCUT2D eigenvalue weighted by Crippen LogP contribution is -2.65. The summed E-state index contributed by atoms with van der Waals surface area (Å²) in [7, 11) is 2.73. The Hall–Kier alpha value is -4.24. The first-order valence-corrected chi connectivity index (χ1v) is 15.0. The van der Waals surface area contributed by atoms with Gasteiger partial charge in [0.2, 0.25) is 5.78 Å². The SMILES string of the molecule is CN(C)c1ccc(O)c2c1C[C@H]1C[C@@H]3[C@H](N(C)C)C(=O)C(C(N)=O)=C(O)[C@@]3(O)C(=O)C1=C2O.Cc1ccc(S(=O)(=O)O)cc1. The van der Waals surface area contributed by atoms with E-state index in [9.17, 15) is 43.2 Å². The Morgan fingerprint density at radius 3 is 2.09 bits per heavy atom. The van der Waals surface area contributed by atoms with E-state index in [2.05, 4.69) is 0 Å². The van der Waals surface area contributed by atoms with Crippen LogP contribution in [0, 0.1) is 18.8 Å². The molecule has 236 valence electrons. The fourth-order valence-corrected chi connectivity index (χ4v) is 6.84. The van der Waals surface area contributed by atoms with Gasteiger partial charge in [0, 0.05) is 31.3 Å². The highest BCUT2D eigenvalue weighted by molar-refractivity contribution is 7.85. The number of aliphatic hydroxyl groups is 3. The number of aliphatic hydroxyl groups excluding tert-OH is 2. The molecule has 1 amide bonds. The van der Waals surface area contributed by atoms with E-state index in [4.69, 9.17) is 10.3 Å². The van der Waals surface area contributed by atoms with Gasteiger partial charge in [-0.25, -0.2) is 0 Å². The summed E-state index contributed by atoms with van der Waals surface area (Å²) in [4.78, 5) is 41.9. The van der Waals surface area contributed by atoms with Gasteiger partial charge in [-0.15, -0.1) is 0 Å². The number of Topliss-reactive ketones (excluding diaryl/α,β-unsaturated/α-hetero) is 2. The normalized spacial score (nSPS) is 24.7. The zero-order valence-corrected chi connectivity index (χ0v) is 25.6. The van der Waals surface area contributed by atoms with Gasteiger partial charge in [0.05, 0.1) is 16.5 Å². The minimum absolute atomic E-state index is 0.0638. The van der Waals surface area contributed by atoms with Crippen molar-refractivity contribution in [3.05, 3.63) is 70.0 Å². The molecule has 0 aliphatic heterocycles. The van der Waals surface area contributed by atoms with E-state index in [0.717, 1.165) is 11.3 Å². The average Bonchev–Trinajstić information content (AvgIpc) is 2.90. The van der Waals surface area contributed by atoms with Crippen LogP contribution in [0.4, 0.5) is 5.69 Å². The molecular weight excluding hydrogens is 594 g/mol. The van der Waals surface area contributed by atoms with Crippen molar-refractivity contribution in [2.24, 2.45) is 17.6 Å². The summed E-state index contributed by atoms with van der Waals surface area (Å²) in [6, 6.07) is 8.00. The minimum Gasteiger partial charge on any atom is -0.508 e. The maximum Gasteiger partial charge on any atom is 0.294 e. The fourth-order valence-electron chi connectivity index (χ4n) is 6.36. The molecule has 13 nitrogen and oxygen atoms in total. The second-order valence-electron chi connectivity index (χ2n) is 11.6. The molecule has 2 aromatic rings. The number of phenolic OH excluding ortho intramolecular Hbond substituents is 1. The topological polar surface area (TPSA) is 219 Å². The second kappa shape index (κ2) is 11.4. The second-order valence-corrected chi connectivity index (χ2v) is 13.0. The zero-order valence-electron chi connectivity index (χ0n) is 24.8. The quantitative estimate of drug-likeness (QED) is 0.208. The molecule has 0 bridgehead atoms. The molecule has 0 aromatic heterocycles. The minimum atomic E-state index is -4.02. The number of likely N-dealkylation sites (N-methyl/N-ethyl adjacent to an activating group) is 1. The molecule has 1 fully saturated rings. The Labute approximate surface area is 254 Å². The van der Waals surface area contributed by atoms with E-state index >= 15 is 0 Å². The van der Waals surface area contributed by atoms with Gasteiger partial charge in [-0.2, -0.15) is 8.42 Å². The average molecular weight is 630 g/mol. The maximum atomic E-state index is 13.7. The number of benzene rings is 2. The predicted molar refractivity (Wildman–Crippen MR) is 160 cm³/mol. The maximum absolute atomic E-state index is 13.7. The molecule has 7 N–H and O–H groups in total. The van der Waals surface area contributed by atoms with Gasteiger partial charge in [0.25, 0.3) is 16.0 Å². The van der Waals surface area contributed by atoms with E-state index in [1.807, 2.05) is 25.9 Å². The summed E-state index contributed by atoms with van der Waals surface area (Å²) in [6.07, 6.45) is 0.324. The number of nitrogens with zero attached hydrogens (tertiary/aromatic N) is 2. The first-order chi connectivity index (χ1) is 20.3. The fraction of sp³-hybridized carbons (Fsp3) is 0.367. The van der Waals surface area contributed by atoms with Crippen LogP contribution in [0.5, 0.6) is 5.75 Å². The molecule has 44 heavy (non-hydrogen) atoms. The van der Waals surface area contributed by atoms with Gasteiger partial charge >= 0.3 is 0 Å². The van der Waals surface area contributed by atoms with Crippen molar-refractivity contribution in [3.8, 4) is 5.75 Å². The molecular formula is C30H35N3O10S. The van der Waals surface area contributed by atoms with Crippen molar-refractivity contribution in [2.75, 3.05) is 33.1 Å². The number of carbonyl (C=O) groups excluding carboxylic acids is 3. The first kappa shape index (κ1) is 32.7. The molecule has 2 aromatic carbocycles. The number of rotatable bonds is 4. The van der Waals surface area contributed by atoms with Crippen molar-refractivity contribution >= 4 is 39.0 Å². The van der Waals surface area contributed by atoms with Crippen LogP contribution in [-0.2, 0) is 30.9 Å². The van der Waals surface area contributed by atoms with Gasteiger partial charge in [-0.1, -0.05) is 17.7 Å². The van der Waals surface area contributed by atoms with Gasteiger partial charge in [0.15, 0.2) is 11.4 Å². The van der Waals surface area contributed by atoms with Gasteiger partial charge in [-0.3, -0.25) is 23.8 Å². The highest BCUT2D eigenvalue weighted by atomic mass is 32.2. The van der Waals surface area contributed by atoms with Crippen LogP contribution in [0.25, 0.3) is 5.76 Å². The highest BCUT2D eigenvalue weighted by Crippen LogP contribution is 2.53. The number of phenols is 1. The Kier molecular flexibility index (Phi) is 8.43. The Morgan fingerprint density at radius 2 is 1.59 bits per heavy atom. The van der Waals surface area contributed by atoms with Crippen molar-refractivity contribution in [1.29, 1.82) is 0 Å². The molecule has 4 atom stereocenters. The first-order valence-electron chi connectivity index (χ1n) is 13.5. The molecule has 0 radical (unpaired) electrons. The Balaban J connectivity index is 0.000000339. The number of aromatic hydroxyl groups is 1. The number of anilines is 1. The van der Waals surface area contributed by atoms with Crippen LogP contribution >= 0.6 is 0 Å². The molecule has 0 spiro atoms. The smallest absolute Gasteiger partial charge is 0.294 e. The van der Waals surface area contributed by atoms with E-state index in [0.29, 0.717) is 5.56 Å². The number of carbonyl (C=O) groups is 3. The van der Waals surface area contributed by atoms with Crippen LogP contribution in [0.15, 0.2) is 58.2 Å². The molecule has 1 saturated carbocycles. The number of hydrogen-bond donors (Lipinski definition) is 6. The van der Waals surface area contributed by atoms with E-state index in [-0.39, 0.29) is 34.6 Å². The summed E-state index contributed by atoms with van der Waals surface area (Å²) in [6.45, 7) is 1.84. The number of hydrogen-bond acceptors (Lipinski definition) is 11. The number of amides is 1. The largest absolute Gasteiger partial charge is 0.508 e. The lowest BCUT2D eigenvalue weighted by Gasteiger charge is -2.50. The van der Waals surface area contributed by atoms with Gasteiger partial charge in [-0.05, 0) is 69.6 Å². The third kappa shape index (κ3) is 5.23. The summed E-state index contributed by atoms with van der Waals surface area (Å²) >= 11 is 0. The molecule has 14 heteroatoms. The number of ketones is 2. The van der Waals surface area contributed by atoms with Crippen LogP contribution in [-0.4, -0.2) is 95.6 Å². The molecule has 3 aliphatic rings. The summed E-state index contributed by atoms with van der Waals surface area (Å²) < 4.78 is 29.6. The Morgan fingerprint density at radius 1 is 1.00 bits per heavy atom. The van der Waals surface area contributed by atoms with Crippen molar-refractivity contribution in [3.63, 3.8) is 0 Å². The monoisotopic (exact) mass is 629 g/mol. The van der Waals surface area contributed by atoms with Gasteiger partial charge < -0.3 is 31.1 Å². The van der Waals surface area contributed by atoms with E-state index < -0.39 is 68.2 Å². The summed E-state index contributed by atoms with van der Waals surface area (Å²) in [5, 5.41) is 43.9. The molecule has 0 unspecified atom stereocenters. The van der Waals surface area contributed by atoms with Crippen molar-refractivity contribution < 1.29 is 47.8 Å². The molecule has 0 heterocycles. The highest BCUT2D eigenvalue weighted by Gasteiger charge is 2.64. The molecule has 5 rings (SSSR count). The summed E-state index contributed by atoms with van der Waals surface area (Å²) in [5.74, 6) is -6.54. The van der Waals surface area contributed by atoms with E-state index in [1.54, 1.807) is 32.3 Å². The number of primary amides is 1. The third-order valence-electron chi connectivity index (χ3n) is 8.38. The molecule has 0 saturated heterocycles. The number of fused-ring (bicyclic) bond motifs is 3. The third-order valence-corrected chi connectivity index (χ3v) is 9.25. The van der Waals surface area contributed by atoms with Gasteiger partial charge in [0.1, 0.15) is 22.8 Å². The van der Waals surface area contributed by atoms with Crippen molar-refractivity contribution in [1.82, 2.24) is 4.90 Å². The van der Waals surface area contributed by atoms with Crippen LogP contribution in [0.1, 0.15) is 23.1 Å². The van der Waals surface area contributed by atoms with Crippen LogP contribution in [0.3, 0.4) is 0 Å².